The van der Waals surface area contributed by atoms with Gasteiger partial charge >= 0.3 is 0 Å². The van der Waals surface area contributed by atoms with Gasteiger partial charge in [-0.25, -0.2) is 4.39 Å². The zero-order chi connectivity index (χ0) is 16.0. The normalized spacial score (nSPS) is 13.3. The summed E-state index contributed by atoms with van der Waals surface area (Å²) in [6.07, 6.45) is 3.11. The molecule has 0 fully saturated rings. The Balaban J connectivity index is 1.92. The molecule has 1 aliphatic rings. The van der Waals surface area contributed by atoms with Gasteiger partial charge in [0.2, 0.25) is 0 Å². The summed E-state index contributed by atoms with van der Waals surface area (Å²) in [6.45, 7) is 2.10. The summed E-state index contributed by atoms with van der Waals surface area (Å²) < 4.78 is 14.0. The van der Waals surface area contributed by atoms with E-state index < -0.39 is 0 Å². The maximum atomic E-state index is 14.0. The highest BCUT2D eigenvalue weighted by molar-refractivity contribution is 6.17. The number of hydrogen-bond acceptors (Lipinski definition) is 1. The molecule has 1 nitrogen and oxygen atoms in total. The molecule has 0 saturated carbocycles. The third-order valence-electron chi connectivity index (χ3n) is 4.88. The zero-order valence-corrected chi connectivity index (χ0v) is 13.0. The van der Waals surface area contributed by atoms with E-state index in [1.807, 2.05) is 18.2 Å². The van der Waals surface area contributed by atoms with Crippen molar-refractivity contribution < 1.29 is 9.18 Å². The third-order valence-corrected chi connectivity index (χ3v) is 4.88. The van der Waals surface area contributed by atoms with Crippen LogP contribution >= 0.6 is 0 Å². The Labute approximate surface area is 134 Å². The fraction of sp³-hybridized carbons (Fsp3) is 0.190. The Morgan fingerprint density at radius 2 is 1.61 bits per heavy atom. The van der Waals surface area contributed by atoms with Crippen molar-refractivity contribution in [3.63, 3.8) is 0 Å². The molecule has 3 aromatic carbocycles. The summed E-state index contributed by atoms with van der Waals surface area (Å²) in [4.78, 5) is 13.1. The van der Waals surface area contributed by atoms with Crippen molar-refractivity contribution in [1.82, 2.24) is 0 Å². The van der Waals surface area contributed by atoms with Crippen LogP contribution < -0.4 is 0 Å². The van der Waals surface area contributed by atoms with E-state index in [1.54, 1.807) is 24.3 Å². The minimum atomic E-state index is -0.286. The highest BCUT2D eigenvalue weighted by Gasteiger charge is 2.22. The quantitative estimate of drug-likeness (QED) is 0.608. The topological polar surface area (TPSA) is 17.1 Å². The van der Waals surface area contributed by atoms with Crippen LogP contribution in [-0.2, 0) is 12.8 Å². The van der Waals surface area contributed by atoms with E-state index >= 15 is 0 Å². The molecule has 1 aliphatic carbocycles. The molecule has 0 spiro atoms. The third kappa shape index (κ3) is 2.17. The molecule has 0 unspecified atom stereocenters. The first kappa shape index (κ1) is 14.1. The molecule has 0 bridgehead atoms. The minimum absolute atomic E-state index is 0.000602. The van der Waals surface area contributed by atoms with Crippen molar-refractivity contribution in [1.29, 1.82) is 0 Å². The van der Waals surface area contributed by atoms with Crippen molar-refractivity contribution in [3.05, 3.63) is 82.2 Å². The van der Waals surface area contributed by atoms with E-state index in [9.17, 15) is 9.18 Å². The zero-order valence-electron chi connectivity index (χ0n) is 13.0. The molecule has 0 radical (unpaired) electrons. The molecule has 23 heavy (non-hydrogen) atoms. The van der Waals surface area contributed by atoms with E-state index in [4.69, 9.17) is 0 Å². The van der Waals surface area contributed by atoms with Crippen LogP contribution in [0.2, 0.25) is 0 Å². The monoisotopic (exact) mass is 304 g/mol. The number of rotatable bonds is 2. The summed E-state index contributed by atoms with van der Waals surface area (Å²) in [6, 6.07) is 14.1. The van der Waals surface area contributed by atoms with Crippen molar-refractivity contribution in [3.8, 4) is 0 Å². The average molecular weight is 304 g/mol. The van der Waals surface area contributed by atoms with Crippen molar-refractivity contribution in [2.24, 2.45) is 0 Å². The van der Waals surface area contributed by atoms with Gasteiger partial charge in [0.25, 0.3) is 0 Å². The molecule has 0 amide bonds. The Morgan fingerprint density at radius 1 is 0.870 bits per heavy atom. The summed E-state index contributed by atoms with van der Waals surface area (Å²) in [5.41, 5.74) is 5.13. The number of fused-ring (bicyclic) bond motifs is 2. The van der Waals surface area contributed by atoms with E-state index in [0.29, 0.717) is 16.3 Å². The van der Waals surface area contributed by atoms with Crippen LogP contribution in [0.15, 0.2) is 48.5 Å². The molecule has 0 saturated heterocycles. The molecule has 0 aromatic heterocycles. The highest BCUT2D eigenvalue weighted by Crippen LogP contribution is 2.31. The molecule has 0 heterocycles. The molecule has 0 atom stereocenters. The first-order valence-corrected chi connectivity index (χ1v) is 8.00. The van der Waals surface area contributed by atoms with Gasteiger partial charge in [0.05, 0.1) is 0 Å². The first-order valence-electron chi connectivity index (χ1n) is 8.00. The number of halogens is 1. The summed E-state index contributed by atoms with van der Waals surface area (Å²) in [7, 11) is 0. The van der Waals surface area contributed by atoms with E-state index in [-0.39, 0.29) is 11.6 Å². The SMILES string of the molecule is Cc1ccc(C(=O)c2cccc3c(F)cccc23)c2c1CCC2. The van der Waals surface area contributed by atoms with Crippen LogP contribution in [0.5, 0.6) is 0 Å². The maximum Gasteiger partial charge on any atom is 0.193 e. The summed E-state index contributed by atoms with van der Waals surface area (Å²) in [5.74, 6) is -0.286. The predicted octanol–water partition coefficient (Wildman–Crippen LogP) is 5.01. The Morgan fingerprint density at radius 3 is 2.48 bits per heavy atom. The van der Waals surface area contributed by atoms with Gasteiger partial charge in [0, 0.05) is 16.5 Å². The fourth-order valence-corrected chi connectivity index (χ4v) is 3.71. The van der Waals surface area contributed by atoms with Crippen LogP contribution in [0.4, 0.5) is 4.39 Å². The Hall–Kier alpha value is -2.48. The van der Waals surface area contributed by atoms with Crippen LogP contribution in [0.25, 0.3) is 10.8 Å². The van der Waals surface area contributed by atoms with E-state index in [1.165, 1.54) is 22.8 Å². The number of carbonyl (C=O) groups is 1. The van der Waals surface area contributed by atoms with Crippen LogP contribution in [0.3, 0.4) is 0 Å². The lowest BCUT2D eigenvalue weighted by Crippen LogP contribution is -2.07. The first-order chi connectivity index (χ1) is 11.2. The average Bonchev–Trinajstić information content (AvgIpc) is 3.05. The van der Waals surface area contributed by atoms with Gasteiger partial charge in [0.15, 0.2) is 5.78 Å². The van der Waals surface area contributed by atoms with Gasteiger partial charge in [0.1, 0.15) is 5.82 Å². The Kier molecular flexibility index (Phi) is 3.26. The maximum absolute atomic E-state index is 14.0. The molecular formula is C21H17FO. The van der Waals surface area contributed by atoms with Crippen LogP contribution in [-0.4, -0.2) is 5.78 Å². The fourth-order valence-electron chi connectivity index (χ4n) is 3.71. The highest BCUT2D eigenvalue weighted by atomic mass is 19.1. The van der Waals surface area contributed by atoms with Gasteiger partial charge in [-0.15, -0.1) is 0 Å². The Bertz CT molecular complexity index is 940. The molecule has 0 aliphatic heterocycles. The van der Waals surface area contributed by atoms with Crippen LogP contribution in [0, 0.1) is 12.7 Å². The molecule has 2 heteroatoms. The van der Waals surface area contributed by atoms with Crippen LogP contribution in [0.1, 0.15) is 39.0 Å². The second kappa shape index (κ2) is 5.31. The summed E-state index contributed by atoms with van der Waals surface area (Å²) in [5, 5.41) is 1.19. The molecule has 4 rings (SSSR count). The molecule has 0 N–H and O–H groups in total. The lowest BCUT2D eigenvalue weighted by Gasteiger charge is -2.12. The largest absolute Gasteiger partial charge is 0.289 e. The molecule has 3 aromatic rings. The molecular weight excluding hydrogens is 287 g/mol. The van der Waals surface area contributed by atoms with Gasteiger partial charge in [-0.2, -0.15) is 0 Å². The van der Waals surface area contributed by atoms with E-state index in [2.05, 4.69) is 6.92 Å². The molecule has 114 valence electrons. The minimum Gasteiger partial charge on any atom is -0.289 e. The predicted molar refractivity (Wildman–Crippen MR) is 90.5 cm³/mol. The lowest BCUT2D eigenvalue weighted by molar-refractivity contribution is 0.103. The smallest absolute Gasteiger partial charge is 0.193 e. The van der Waals surface area contributed by atoms with Crippen molar-refractivity contribution in [2.75, 3.05) is 0 Å². The lowest BCUT2D eigenvalue weighted by atomic mass is 9.91. The number of aryl methyl sites for hydroxylation is 1. The standard InChI is InChI=1S/C21H17FO/c1-13-11-12-19(15-6-2-5-14(13)15)21(23)18-9-3-8-17-16(18)7-4-10-20(17)22/h3-4,7-12H,2,5-6H2,1H3. The number of carbonyl (C=O) groups excluding carboxylic acids is 1. The summed E-state index contributed by atoms with van der Waals surface area (Å²) >= 11 is 0. The van der Waals surface area contributed by atoms with Gasteiger partial charge in [-0.05, 0) is 54.3 Å². The van der Waals surface area contributed by atoms with Crippen molar-refractivity contribution in [2.45, 2.75) is 26.2 Å². The van der Waals surface area contributed by atoms with E-state index in [0.717, 1.165) is 24.8 Å². The van der Waals surface area contributed by atoms with Gasteiger partial charge < -0.3 is 0 Å². The van der Waals surface area contributed by atoms with Gasteiger partial charge in [-0.1, -0.05) is 42.5 Å². The second-order valence-corrected chi connectivity index (χ2v) is 6.21. The number of benzene rings is 3. The number of ketones is 1. The number of hydrogen-bond donors (Lipinski definition) is 0. The van der Waals surface area contributed by atoms with Gasteiger partial charge in [-0.3, -0.25) is 4.79 Å². The van der Waals surface area contributed by atoms with Crippen molar-refractivity contribution >= 4 is 16.6 Å². The second-order valence-electron chi connectivity index (χ2n) is 6.21.